The normalized spacial score (nSPS) is 15.7. The number of ether oxygens (including phenoxy) is 1. The third-order valence-electron chi connectivity index (χ3n) is 4.88. The van der Waals surface area contributed by atoms with Gasteiger partial charge in [-0.3, -0.25) is 4.79 Å². The van der Waals surface area contributed by atoms with Crippen molar-refractivity contribution in [1.82, 2.24) is 10.3 Å². The van der Waals surface area contributed by atoms with Crippen molar-refractivity contribution in [3.63, 3.8) is 0 Å². The molecule has 140 valence electrons. The van der Waals surface area contributed by atoms with Crippen LogP contribution in [0.2, 0.25) is 0 Å². The Morgan fingerprint density at radius 2 is 1.89 bits per heavy atom. The Labute approximate surface area is 157 Å². The number of aromatic nitrogens is 1. The predicted molar refractivity (Wildman–Crippen MR) is 105 cm³/mol. The number of hydrogen-bond acceptors (Lipinski definition) is 4. The van der Waals surface area contributed by atoms with E-state index < -0.39 is 6.10 Å². The van der Waals surface area contributed by atoms with Gasteiger partial charge >= 0.3 is 0 Å². The van der Waals surface area contributed by atoms with Crippen molar-refractivity contribution < 1.29 is 14.6 Å². The van der Waals surface area contributed by atoms with Gasteiger partial charge in [0.15, 0.2) is 0 Å². The van der Waals surface area contributed by atoms with E-state index in [9.17, 15) is 9.90 Å². The molecule has 1 aliphatic heterocycles. The molecule has 6 nitrogen and oxygen atoms in total. The molecular formula is C21H23N3O3. The highest BCUT2D eigenvalue weighted by molar-refractivity contribution is 5.97. The topological polar surface area (TPSA) is 77.6 Å². The van der Waals surface area contributed by atoms with Crippen molar-refractivity contribution in [1.29, 1.82) is 0 Å². The number of hydrogen-bond donors (Lipinski definition) is 3. The molecule has 1 aromatic heterocycles. The van der Waals surface area contributed by atoms with Gasteiger partial charge in [-0.15, -0.1) is 0 Å². The molecule has 27 heavy (non-hydrogen) atoms. The molecule has 2 heterocycles. The zero-order chi connectivity index (χ0) is 18.6. The highest BCUT2D eigenvalue weighted by Crippen LogP contribution is 2.20. The van der Waals surface area contributed by atoms with E-state index in [0.29, 0.717) is 5.69 Å². The number of aliphatic hydroxyl groups excluding tert-OH is 1. The molecule has 1 atom stereocenters. The van der Waals surface area contributed by atoms with Gasteiger partial charge in [0.1, 0.15) is 5.69 Å². The van der Waals surface area contributed by atoms with Gasteiger partial charge in [-0.25, -0.2) is 0 Å². The summed E-state index contributed by atoms with van der Waals surface area (Å²) in [6.07, 6.45) is -0.753. The summed E-state index contributed by atoms with van der Waals surface area (Å²) in [5, 5.41) is 14.2. The Balaban J connectivity index is 1.35. The molecule has 0 aliphatic carbocycles. The maximum Gasteiger partial charge on any atom is 0.267 e. The minimum absolute atomic E-state index is 0.158. The smallest absolute Gasteiger partial charge is 0.267 e. The largest absolute Gasteiger partial charge is 0.387 e. The zero-order valence-corrected chi connectivity index (χ0v) is 15.0. The number of carbonyl (C=O) groups excluding carboxylic acids is 1. The van der Waals surface area contributed by atoms with Gasteiger partial charge in [0.25, 0.3) is 5.91 Å². The van der Waals surface area contributed by atoms with Crippen LogP contribution < -0.4 is 10.2 Å². The number of morpholine rings is 1. The fourth-order valence-electron chi connectivity index (χ4n) is 3.33. The monoisotopic (exact) mass is 365 g/mol. The van der Waals surface area contributed by atoms with Gasteiger partial charge in [-0.1, -0.05) is 30.3 Å². The Bertz CT molecular complexity index is 881. The van der Waals surface area contributed by atoms with Crippen LogP contribution in [0.1, 0.15) is 22.2 Å². The first-order valence-corrected chi connectivity index (χ1v) is 9.17. The molecule has 0 saturated carbocycles. The van der Waals surface area contributed by atoms with Gasteiger partial charge in [-0.2, -0.15) is 0 Å². The number of rotatable bonds is 5. The van der Waals surface area contributed by atoms with Gasteiger partial charge in [0.2, 0.25) is 0 Å². The molecular weight excluding hydrogens is 342 g/mol. The summed E-state index contributed by atoms with van der Waals surface area (Å²) in [5.41, 5.74) is 3.31. The first kappa shape index (κ1) is 17.6. The van der Waals surface area contributed by atoms with Gasteiger partial charge < -0.3 is 25.0 Å². The van der Waals surface area contributed by atoms with E-state index >= 15 is 0 Å². The second-order valence-electron chi connectivity index (χ2n) is 6.69. The molecule has 3 aromatic rings. The molecule has 2 aromatic carbocycles. The van der Waals surface area contributed by atoms with Crippen LogP contribution in [0.5, 0.6) is 0 Å². The number of nitrogens with one attached hydrogen (secondary N) is 2. The number of H-pyrrole nitrogens is 1. The lowest BCUT2D eigenvalue weighted by atomic mass is 10.1. The Morgan fingerprint density at radius 3 is 2.63 bits per heavy atom. The summed E-state index contributed by atoms with van der Waals surface area (Å²) in [6, 6.07) is 17.4. The van der Waals surface area contributed by atoms with E-state index in [0.717, 1.165) is 48.5 Å². The second-order valence-corrected chi connectivity index (χ2v) is 6.69. The average Bonchev–Trinajstić information content (AvgIpc) is 3.17. The van der Waals surface area contributed by atoms with Gasteiger partial charge in [0.05, 0.1) is 19.3 Å². The lowest BCUT2D eigenvalue weighted by molar-refractivity contribution is 0.0912. The molecule has 3 N–H and O–H groups in total. The summed E-state index contributed by atoms with van der Waals surface area (Å²) in [4.78, 5) is 17.7. The van der Waals surface area contributed by atoms with E-state index in [1.54, 1.807) is 0 Å². The van der Waals surface area contributed by atoms with E-state index in [1.807, 2.05) is 54.6 Å². The SMILES string of the molecule is O=C(NCC(O)c1ccc(N2CCOCC2)cc1)c1cc2ccccc2[nH]1. The van der Waals surface area contributed by atoms with Crippen molar-refractivity contribution >= 4 is 22.5 Å². The van der Waals surface area contributed by atoms with Gasteiger partial charge in [-0.05, 0) is 29.8 Å². The van der Waals surface area contributed by atoms with Crippen LogP contribution >= 0.6 is 0 Å². The minimum atomic E-state index is -0.753. The Kier molecular flexibility index (Phi) is 5.09. The van der Waals surface area contributed by atoms with Crippen molar-refractivity contribution in [3.8, 4) is 0 Å². The number of anilines is 1. The fourth-order valence-corrected chi connectivity index (χ4v) is 3.33. The number of amides is 1. The number of benzene rings is 2. The second kappa shape index (κ2) is 7.82. The average molecular weight is 365 g/mol. The highest BCUT2D eigenvalue weighted by Gasteiger charge is 2.14. The van der Waals surface area contributed by atoms with E-state index in [2.05, 4.69) is 15.2 Å². The number of fused-ring (bicyclic) bond motifs is 1. The van der Waals surface area contributed by atoms with E-state index in [1.165, 1.54) is 0 Å². The van der Waals surface area contributed by atoms with E-state index in [4.69, 9.17) is 4.74 Å². The number of carbonyl (C=O) groups is 1. The van der Waals surface area contributed by atoms with Crippen LogP contribution in [0.4, 0.5) is 5.69 Å². The van der Waals surface area contributed by atoms with E-state index in [-0.39, 0.29) is 12.5 Å². The highest BCUT2D eigenvalue weighted by atomic mass is 16.5. The molecule has 1 aliphatic rings. The molecule has 4 rings (SSSR count). The first-order chi connectivity index (χ1) is 13.2. The fraction of sp³-hybridized carbons (Fsp3) is 0.286. The van der Waals surface area contributed by atoms with Crippen LogP contribution in [0.15, 0.2) is 54.6 Å². The summed E-state index contributed by atoms with van der Waals surface area (Å²) < 4.78 is 5.37. The van der Waals surface area contributed by atoms with Gasteiger partial charge in [0, 0.05) is 36.2 Å². The summed E-state index contributed by atoms with van der Waals surface area (Å²) in [5.74, 6) is -0.227. The summed E-state index contributed by atoms with van der Waals surface area (Å²) >= 11 is 0. The zero-order valence-electron chi connectivity index (χ0n) is 15.0. The quantitative estimate of drug-likeness (QED) is 0.649. The van der Waals surface area contributed by atoms with Crippen LogP contribution in [0.25, 0.3) is 10.9 Å². The lowest BCUT2D eigenvalue weighted by Gasteiger charge is -2.29. The number of para-hydroxylation sites is 1. The van der Waals surface area contributed by atoms with Crippen LogP contribution in [0.3, 0.4) is 0 Å². The maximum atomic E-state index is 12.3. The summed E-state index contributed by atoms with van der Waals surface area (Å²) in [7, 11) is 0. The van der Waals surface area contributed by atoms with Crippen molar-refractivity contribution in [2.24, 2.45) is 0 Å². The molecule has 0 radical (unpaired) electrons. The van der Waals surface area contributed by atoms with Crippen LogP contribution in [-0.2, 0) is 4.74 Å². The minimum Gasteiger partial charge on any atom is -0.387 e. The molecule has 1 saturated heterocycles. The number of aliphatic hydroxyl groups is 1. The molecule has 0 spiro atoms. The van der Waals surface area contributed by atoms with Crippen molar-refractivity contribution in [2.45, 2.75) is 6.10 Å². The maximum absolute atomic E-state index is 12.3. The Morgan fingerprint density at radius 1 is 1.15 bits per heavy atom. The van der Waals surface area contributed by atoms with Crippen molar-refractivity contribution in [2.75, 3.05) is 37.7 Å². The first-order valence-electron chi connectivity index (χ1n) is 9.17. The lowest BCUT2D eigenvalue weighted by Crippen LogP contribution is -2.36. The number of aromatic amines is 1. The molecule has 6 heteroatoms. The number of nitrogens with zero attached hydrogens (tertiary/aromatic N) is 1. The molecule has 0 bridgehead atoms. The Hall–Kier alpha value is -2.83. The van der Waals surface area contributed by atoms with Crippen molar-refractivity contribution in [3.05, 3.63) is 65.9 Å². The summed E-state index contributed by atoms with van der Waals surface area (Å²) in [6.45, 7) is 3.39. The molecule has 1 amide bonds. The third-order valence-corrected chi connectivity index (χ3v) is 4.88. The molecule has 1 fully saturated rings. The standard InChI is InChI=1S/C21H23N3O3/c25-20(15-5-7-17(8-6-15)24-9-11-27-12-10-24)14-22-21(26)19-13-16-3-1-2-4-18(16)23-19/h1-8,13,20,23,25H,9-12,14H2,(H,22,26). The molecule has 1 unspecified atom stereocenters. The van der Waals surface area contributed by atoms with Crippen LogP contribution in [0, 0.1) is 0 Å². The third kappa shape index (κ3) is 3.97. The van der Waals surface area contributed by atoms with Crippen LogP contribution in [-0.4, -0.2) is 48.8 Å². The predicted octanol–water partition coefficient (Wildman–Crippen LogP) is 2.47.